The number of H-pyrrole nitrogens is 2. The first-order chi connectivity index (χ1) is 13.1. The maximum absolute atomic E-state index is 11.5. The van der Waals surface area contributed by atoms with E-state index in [4.69, 9.17) is 5.73 Å². The molecule has 0 bridgehead atoms. The quantitative estimate of drug-likeness (QED) is 0.487. The minimum absolute atomic E-state index is 0.240. The van der Waals surface area contributed by atoms with E-state index in [1.54, 1.807) is 6.08 Å². The lowest BCUT2D eigenvalue weighted by atomic mass is 9.94. The summed E-state index contributed by atoms with van der Waals surface area (Å²) in [6, 6.07) is 21.8. The van der Waals surface area contributed by atoms with Crippen LogP contribution >= 0.6 is 0 Å². The summed E-state index contributed by atoms with van der Waals surface area (Å²) in [6.07, 6.45) is 3.07. The molecule has 0 fully saturated rings. The fourth-order valence-corrected chi connectivity index (χ4v) is 3.15. The lowest BCUT2D eigenvalue weighted by Crippen LogP contribution is -2.05. The number of hydrogen-bond donors (Lipinski definition) is 3. The lowest BCUT2D eigenvalue weighted by Gasteiger charge is -2.10. The normalized spacial score (nSPS) is 11.3. The van der Waals surface area contributed by atoms with Crippen molar-refractivity contribution in [1.29, 1.82) is 0 Å². The van der Waals surface area contributed by atoms with Gasteiger partial charge in [0.15, 0.2) is 0 Å². The summed E-state index contributed by atoms with van der Waals surface area (Å²) in [6.45, 7) is 0. The van der Waals surface area contributed by atoms with Crippen molar-refractivity contribution >= 4 is 23.0 Å². The number of rotatable bonds is 4. The fraction of sp³-hybridized carbons (Fsp3) is 0. The number of nitrogens with one attached hydrogen (secondary N) is 2. The van der Waals surface area contributed by atoms with Crippen LogP contribution in [0.1, 0.15) is 5.56 Å². The molecule has 0 aliphatic carbocycles. The molecule has 4 rings (SSSR count). The van der Waals surface area contributed by atoms with Crippen LogP contribution in [0.15, 0.2) is 77.6 Å². The maximum Gasteiger partial charge on any atom is 0.323 e. The topological polar surface area (TPSA) is 91.7 Å². The van der Waals surface area contributed by atoms with Crippen molar-refractivity contribution in [2.45, 2.75) is 0 Å². The van der Waals surface area contributed by atoms with Crippen LogP contribution in [0, 0.1) is 0 Å². The molecule has 0 radical (unpaired) electrons. The van der Waals surface area contributed by atoms with E-state index < -0.39 is 5.91 Å². The summed E-state index contributed by atoms with van der Waals surface area (Å²) in [7, 11) is 0. The number of amides is 1. The third-order valence-corrected chi connectivity index (χ3v) is 4.41. The molecule has 4 aromatic rings. The van der Waals surface area contributed by atoms with E-state index in [0.29, 0.717) is 0 Å². The predicted molar refractivity (Wildman–Crippen MR) is 108 cm³/mol. The Morgan fingerprint density at radius 2 is 1.56 bits per heavy atom. The highest BCUT2D eigenvalue weighted by atomic mass is 16.1. The average Bonchev–Trinajstić information content (AvgIpc) is 3.06. The number of primary amides is 1. The number of hydrogen-bond acceptors (Lipinski definition) is 2. The molecule has 0 saturated carbocycles. The van der Waals surface area contributed by atoms with Crippen molar-refractivity contribution in [2.24, 2.45) is 5.73 Å². The second-order valence-electron chi connectivity index (χ2n) is 6.24. The number of fused-ring (bicyclic) bond motifs is 1. The number of imidazole rings is 1. The van der Waals surface area contributed by atoms with Gasteiger partial charge in [-0.3, -0.25) is 4.79 Å². The van der Waals surface area contributed by atoms with Gasteiger partial charge in [0.25, 0.3) is 0 Å². The molecule has 0 aliphatic rings. The number of aromatic nitrogens is 2. The molecule has 1 heterocycles. The van der Waals surface area contributed by atoms with Gasteiger partial charge in [-0.05, 0) is 52.1 Å². The molecular formula is C22H17N3O2. The molecule has 5 heteroatoms. The van der Waals surface area contributed by atoms with Crippen LogP contribution in [0.4, 0.5) is 0 Å². The Morgan fingerprint density at radius 1 is 0.815 bits per heavy atom. The van der Waals surface area contributed by atoms with E-state index in [2.05, 4.69) is 9.97 Å². The Labute approximate surface area is 155 Å². The number of benzene rings is 3. The summed E-state index contributed by atoms with van der Waals surface area (Å²) in [5.74, 6) is -0.503. The number of aromatic amines is 2. The van der Waals surface area contributed by atoms with Crippen LogP contribution in [0.5, 0.6) is 0 Å². The van der Waals surface area contributed by atoms with Gasteiger partial charge >= 0.3 is 5.69 Å². The first-order valence-corrected chi connectivity index (χ1v) is 8.49. The highest BCUT2D eigenvalue weighted by molar-refractivity contribution is 5.93. The van der Waals surface area contributed by atoms with Crippen LogP contribution in [0.3, 0.4) is 0 Å². The zero-order valence-corrected chi connectivity index (χ0v) is 14.4. The molecule has 27 heavy (non-hydrogen) atoms. The maximum atomic E-state index is 11.5. The molecule has 3 aromatic carbocycles. The second-order valence-corrected chi connectivity index (χ2v) is 6.24. The smallest absolute Gasteiger partial charge is 0.323 e. The van der Waals surface area contributed by atoms with Gasteiger partial charge in [-0.1, -0.05) is 48.5 Å². The van der Waals surface area contributed by atoms with Gasteiger partial charge in [-0.15, -0.1) is 0 Å². The van der Waals surface area contributed by atoms with E-state index in [0.717, 1.165) is 38.9 Å². The first kappa shape index (κ1) is 16.6. The molecule has 0 atom stereocenters. The molecule has 1 aromatic heterocycles. The first-order valence-electron chi connectivity index (χ1n) is 8.49. The lowest BCUT2D eigenvalue weighted by molar-refractivity contribution is -0.113. The van der Waals surface area contributed by atoms with Crippen LogP contribution in [0.25, 0.3) is 39.4 Å². The zero-order chi connectivity index (χ0) is 18.8. The summed E-state index contributed by atoms with van der Waals surface area (Å²) < 4.78 is 0. The van der Waals surface area contributed by atoms with Gasteiger partial charge in [0.2, 0.25) is 5.91 Å². The van der Waals surface area contributed by atoms with Gasteiger partial charge < -0.3 is 15.7 Å². The molecular weight excluding hydrogens is 338 g/mol. The summed E-state index contributed by atoms with van der Waals surface area (Å²) in [5.41, 5.74) is 11.4. The monoisotopic (exact) mass is 355 g/mol. The van der Waals surface area contributed by atoms with Crippen molar-refractivity contribution in [3.8, 4) is 22.3 Å². The van der Waals surface area contributed by atoms with Crippen molar-refractivity contribution in [3.63, 3.8) is 0 Å². The predicted octanol–water partition coefficient (Wildman–Crippen LogP) is 3.69. The van der Waals surface area contributed by atoms with Crippen molar-refractivity contribution < 1.29 is 4.79 Å². The molecule has 0 saturated heterocycles. The third-order valence-electron chi connectivity index (χ3n) is 4.41. The molecule has 0 aliphatic heterocycles. The van der Waals surface area contributed by atoms with E-state index in [1.165, 1.54) is 6.08 Å². The van der Waals surface area contributed by atoms with Gasteiger partial charge in [0, 0.05) is 6.08 Å². The van der Waals surface area contributed by atoms with Gasteiger partial charge in [-0.25, -0.2) is 4.79 Å². The molecule has 0 spiro atoms. The summed E-state index contributed by atoms with van der Waals surface area (Å²) in [4.78, 5) is 28.3. The van der Waals surface area contributed by atoms with Crippen molar-refractivity contribution in [3.05, 3.63) is 88.9 Å². The van der Waals surface area contributed by atoms with E-state index in [-0.39, 0.29) is 5.69 Å². The Kier molecular flexibility index (Phi) is 4.18. The molecule has 1 amide bonds. The Morgan fingerprint density at radius 3 is 2.33 bits per heavy atom. The van der Waals surface area contributed by atoms with Gasteiger partial charge in [0.05, 0.1) is 11.0 Å². The molecule has 4 N–H and O–H groups in total. The molecule has 5 nitrogen and oxygen atoms in total. The van der Waals surface area contributed by atoms with Crippen LogP contribution < -0.4 is 11.4 Å². The highest BCUT2D eigenvalue weighted by Crippen LogP contribution is 2.31. The fourth-order valence-electron chi connectivity index (χ4n) is 3.15. The number of carbonyl (C=O) groups excluding carboxylic acids is 1. The standard InChI is InChI=1S/C22H17N3O2/c23-21(26)11-8-16-12-15(14-4-2-1-3-5-14)6-9-18(16)17-7-10-19-20(13-17)25-22(27)24-19/h1-13H,(H2,23,26)(H2,24,25,27). The van der Waals surface area contributed by atoms with Gasteiger partial charge in [0.1, 0.15) is 0 Å². The average molecular weight is 355 g/mol. The highest BCUT2D eigenvalue weighted by Gasteiger charge is 2.08. The van der Waals surface area contributed by atoms with Gasteiger partial charge in [-0.2, -0.15) is 0 Å². The molecule has 0 unspecified atom stereocenters. The Bertz CT molecular complexity index is 1220. The summed E-state index contributed by atoms with van der Waals surface area (Å²) >= 11 is 0. The zero-order valence-electron chi connectivity index (χ0n) is 14.4. The second kappa shape index (κ2) is 6.80. The van der Waals surface area contributed by atoms with E-state index in [1.807, 2.05) is 66.7 Å². The summed E-state index contributed by atoms with van der Waals surface area (Å²) in [5, 5.41) is 0. The largest absolute Gasteiger partial charge is 0.366 e. The third kappa shape index (κ3) is 3.43. The van der Waals surface area contributed by atoms with E-state index in [9.17, 15) is 9.59 Å². The Hall–Kier alpha value is -3.86. The van der Waals surface area contributed by atoms with Crippen LogP contribution in [-0.4, -0.2) is 15.9 Å². The minimum Gasteiger partial charge on any atom is -0.366 e. The van der Waals surface area contributed by atoms with Crippen LogP contribution in [-0.2, 0) is 4.79 Å². The Balaban J connectivity index is 1.87. The van der Waals surface area contributed by atoms with Crippen molar-refractivity contribution in [2.75, 3.05) is 0 Å². The molecule has 132 valence electrons. The van der Waals surface area contributed by atoms with E-state index >= 15 is 0 Å². The number of nitrogens with two attached hydrogens (primary N) is 1. The minimum atomic E-state index is -0.503. The number of carbonyl (C=O) groups is 1. The SMILES string of the molecule is NC(=O)C=Cc1cc(-c2ccccc2)ccc1-c1ccc2[nH]c(=O)[nH]c2c1. The van der Waals surface area contributed by atoms with Crippen LogP contribution in [0.2, 0.25) is 0 Å². The van der Waals surface area contributed by atoms with Crippen molar-refractivity contribution in [1.82, 2.24) is 9.97 Å².